The first kappa shape index (κ1) is 36.5. The number of carbonyl (C=O) groups is 3. The lowest BCUT2D eigenvalue weighted by Crippen LogP contribution is -2.50. The summed E-state index contributed by atoms with van der Waals surface area (Å²) in [6.07, 6.45) is 15.7. The Labute approximate surface area is 280 Å². The maximum Gasteiger partial charge on any atom is 0.251 e. The molecule has 6 heteroatoms. The molecule has 3 saturated carbocycles. The van der Waals surface area contributed by atoms with Crippen molar-refractivity contribution in [3.63, 3.8) is 0 Å². The largest absolute Gasteiger partial charge is 0.349 e. The highest BCUT2D eigenvalue weighted by Crippen LogP contribution is 2.41. The summed E-state index contributed by atoms with van der Waals surface area (Å²) in [5.74, 6) is 0.803. The van der Waals surface area contributed by atoms with Crippen LogP contribution in [0.5, 0.6) is 0 Å². The normalized spacial score (nSPS) is 22.3. The number of nitrogens with one attached hydrogen (secondary N) is 1. The van der Waals surface area contributed by atoms with Crippen LogP contribution in [0.4, 0.5) is 11.4 Å². The summed E-state index contributed by atoms with van der Waals surface area (Å²) in [6, 6.07) is 5.95. The van der Waals surface area contributed by atoms with Crippen LogP contribution in [-0.4, -0.2) is 34.8 Å². The summed E-state index contributed by atoms with van der Waals surface area (Å²) in [6.45, 7) is 19.5. The Balaban J connectivity index is 1.73. The molecule has 0 radical (unpaired) electrons. The molecule has 4 rings (SSSR count). The quantitative estimate of drug-likeness (QED) is 0.309. The molecule has 6 nitrogen and oxygen atoms in total. The molecule has 1 aromatic rings. The SMILES string of the molecule is CCC(C)(C)C1CCC(NC(=O)c2cc(N(C(=O)C3CCCCC3)C(C)(C)C)cc(N(C(=O)C3CCCCC3)C(C)(C)C)c2)CC1. The van der Waals surface area contributed by atoms with Gasteiger partial charge in [0.05, 0.1) is 0 Å². The van der Waals surface area contributed by atoms with Gasteiger partial charge in [0.1, 0.15) is 0 Å². The minimum Gasteiger partial charge on any atom is -0.349 e. The van der Waals surface area contributed by atoms with Crippen molar-refractivity contribution in [3.8, 4) is 0 Å². The monoisotopic (exact) mass is 636 g/mol. The number of anilines is 2. The summed E-state index contributed by atoms with van der Waals surface area (Å²) in [5.41, 5.74) is 1.28. The third kappa shape index (κ3) is 8.75. The van der Waals surface area contributed by atoms with E-state index >= 15 is 0 Å². The van der Waals surface area contributed by atoms with Gasteiger partial charge in [0, 0.05) is 45.9 Å². The Kier molecular flexibility index (Phi) is 11.7. The van der Waals surface area contributed by atoms with E-state index in [1.165, 1.54) is 12.8 Å². The van der Waals surface area contributed by atoms with E-state index in [2.05, 4.69) is 67.6 Å². The van der Waals surface area contributed by atoms with Gasteiger partial charge in [-0.05, 0) is 122 Å². The topological polar surface area (TPSA) is 69.7 Å². The van der Waals surface area contributed by atoms with Gasteiger partial charge in [-0.25, -0.2) is 0 Å². The molecular weight excluding hydrogens is 570 g/mol. The van der Waals surface area contributed by atoms with Gasteiger partial charge < -0.3 is 15.1 Å². The highest BCUT2D eigenvalue weighted by molar-refractivity contribution is 6.03. The lowest BCUT2D eigenvalue weighted by Gasteiger charge is -2.42. The van der Waals surface area contributed by atoms with Crippen LogP contribution < -0.4 is 15.1 Å². The Bertz CT molecular complexity index is 1140. The minimum atomic E-state index is -0.495. The fraction of sp³-hybridized carbons (Fsp3) is 0.775. The molecule has 46 heavy (non-hydrogen) atoms. The maximum atomic E-state index is 14.3. The molecule has 0 aromatic heterocycles. The van der Waals surface area contributed by atoms with Crippen molar-refractivity contribution < 1.29 is 14.4 Å². The molecular formula is C40H65N3O3. The van der Waals surface area contributed by atoms with E-state index < -0.39 is 11.1 Å². The van der Waals surface area contributed by atoms with Gasteiger partial charge in [-0.1, -0.05) is 65.7 Å². The molecule has 1 N–H and O–H groups in total. The highest BCUT2D eigenvalue weighted by Gasteiger charge is 2.38. The Morgan fingerprint density at radius 1 is 0.630 bits per heavy atom. The molecule has 3 aliphatic carbocycles. The Hall–Kier alpha value is -2.37. The number of benzene rings is 1. The molecule has 0 aliphatic heterocycles. The highest BCUT2D eigenvalue weighted by atomic mass is 16.2. The molecule has 0 unspecified atom stereocenters. The van der Waals surface area contributed by atoms with E-state index in [0.29, 0.717) is 28.3 Å². The third-order valence-electron chi connectivity index (χ3n) is 11.5. The van der Waals surface area contributed by atoms with E-state index in [1.807, 2.05) is 28.0 Å². The van der Waals surface area contributed by atoms with Crippen molar-refractivity contribution >= 4 is 29.1 Å². The van der Waals surface area contributed by atoms with Crippen molar-refractivity contribution in [2.75, 3.05) is 9.80 Å². The summed E-state index contributed by atoms with van der Waals surface area (Å²) >= 11 is 0. The zero-order valence-electron chi connectivity index (χ0n) is 30.8. The second-order valence-electron chi connectivity index (χ2n) is 17.5. The average Bonchev–Trinajstić information content (AvgIpc) is 3.01. The van der Waals surface area contributed by atoms with Crippen molar-refractivity contribution in [2.45, 2.75) is 176 Å². The molecule has 1 aromatic carbocycles. The second-order valence-corrected chi connectivity index (χ2v) is 17.5. The zero-order chi connectivity index (χ0) is 33.9. The van der Waals surface area contributed by atoms with Gasteiger partial charge in [0.25, 0.3) is 5.91 Å². The predicted molar refractivity (Wildman–Crippen MR) is 191 cm³/mol. The molecule has 3 fully saturated rings. The van der Waals surface area contributed by atoms with Crippen LogP contribution in [0.15, 0.2) is 18.2 Å². The van der Waals surface area contributed by atoms with Gasteiger partial charge in [-0.3, -0.25) is 14.4 Å². The molecule has 0 spiro atoms. The molecule has 0 saturated heterocycles. The van der Waals surface area contributed by atoms with Gasteiger partial charge in [-0.15, -0.1) is 0 Å². The molecule has 0 atom stereocenters. The lowest BCUT2D eigenvalue weighted by molar-refractivity contribution is -0.125. The summed E-state index contributed by atoms with van der Waals surface area (Å²) in [7, 11) is 0. The summed E-state index contributed by atoms with van der Waals surface area (Å²) in [5, 5.41) is 3.37. The first-order valence-electron chi connectivity index (χ1n) is 18.7. The van der Waals surface area contributed by atoms with E-state index in [1.54, 1.807) is 0 Å². The van der Waals surface area contributed by atoms with Gasteiger partial charge in [-0.2, -0.15) is 0 Å². The number of rotatable bonds is 8. The molecule has 0 heterocycles. The standard InChI is InChI=1S/C40H65N3O3/c1-10-40(8,9)31-21-23-32(24-22-31)41-35(44)30-25-33(42(38(2,3)4)36(45)28-17-13-11-14-18-28)27-34(26-30)43(39(5,6)7)37(46)29-19-15-12-16-20-29/h25-29,31-32H,10-24H2,1-9H3,(H,41,44). The third-order valence-corrected chi connectivity index (χ3v) is 11.5. The van der Waals surface area contributed by atoms with Gasteiger partial charge >= 0.3 is 0 Å². The smallest absolute Gasteiger partial charge is 0.251 e. The van der Waals surface area contributed by atoms with Crippen LogP contribution in [-0.2, 0) is 9.59 Å². The fourth-order valence-corrected chi connectivity index (χ4v) is 8.32. The van der Waals surface area contributed by atoms with Crippen LogP contribution >= 0.6 is 0 Å². The minimum absolute atomic E-state index is 0.0148. The maximum absolute atomic E-state index is 14.3. The number of hydrogen-bond donors (Lipinski definition) is 1. The van der Waals surface area contributed by atoms with Gasteiger partial charge in [0.2, 0.25) is 11.8 Å². The van der Waals surface area contributed by atoms with E-state index in [4.69, 9.17) is 0 Å². The number of hydrogen-bond acceptors (Lipinski definition) is 3. The van der Waals surface area contributed by atoms with Gasteiger partial charge in [0.15, 0.2) is 0 Å². The molecule has 0 bridgehead atoms. The van der Waals surface area contributed by atoms with Crippen molar-refractivity contribution in [1.82, 2.24) is 5.32 Å². The first-order valence-corrected chi connectivity index (χ1v) is 18.7. The van der Waals surface area contributed by atoms with E-state index in [-0.39, 0.29) is 35.6 Å². The Morgan fingerprint density at radius 3 is 1.41 bits per heavy atom. The Morgan fingerprint density at radius 2 is 1.04 bits per heavy atom. The van der Waals surface area contributed by atoms with Crippen LogP contribution in [0.1, 0.15) is 169 Å². The predicted octanol–water partition coefficient (Wildman–Crippen LogP) is 9.84. The zero-order valence-corrected chi connectivity index (χ0v) is 30.8. The summed E-state index contributed by atoms with van der Waals surface area (Å²) < 4.78 is 0. The second kappa shape index (κ2) is 14.8. The van der Waals surface area contributed by atoms with Crippen LogP contribution in [0.3, 0.4) is 0 Å². The number of amides is 3. The van der Waals surface area contributed by atoms with Crippen molar-refractivity contribution in [1.29, 1.82) is 0 Å². The summed E-state index contributed by atoms with van der Waals surface area (Å²) in [4.78, 5) is 46.5. The first-order chi connectivity index (χ1) is 21.5. The van der Waals surface area contributed by atoms with Crippen molar-refractivity contribution in [3.05, 3.63) is 23.8 Å². The van der Waals surface area contributed by atoms with E-state index in [0.717, 1.165) is 83.5 Å². The lowest BCUT2D eigenvalue weighted by atomic mass is 9.69. The van der Waals surface area contributed by atoms with Crippen LogP contribution in [0.2, 0.25) is 0 Å². The number of carbonyl (C=O) groups excluding carboxylic acids is 3. The van der Waals surface area contributed by atoms with Crippen LogP contribution in [0, 0.1) is 23.2 Å². The van der Waals surface area contributed by atoms with Crippen LogP contribution in [0.25, 0.3) is 0 Å². The fourth-order valence-electron chi connectivity index (χ4n) is 8.32. The molecule has 258 valence electrons. The van der Waals surface area contributed by atoms with Crippen molar-refractivity contribution in [2.24, 2.45) is 23.2 Å². The van der Waals surface area contributed by atoms with E-state index in [9.17, 15) is 14.4 Å². The number of nitrogens with zero attached hydrogens (tertiary/aromatic N) is 2. The average molecular weight is 636 g/mol. The molecule has 3 amide bonds. The molecule has 3 aliphatic rings.